The molecular weight excluding hydrogens is 248 g/mol. The van der Waals surface area contributed by atoms with Gasteiger partial charge >= 0.3 is 0 Å². The van der Waals surface area contributed by atoms with Gasteiger partial charge in [0.2, 0.25) is 5.82 Å². The lowest BCUT2D eigenvalue weighted by atomic mass is 10.2. The third-order valence-corrected chi connectivity index (χ3v) is 2.35. The molecule has 2 rings (SSSR count). The molecule has 7 nitrogen and oxygen atoms in total. The summed E-state index contributed by atoms with van der Waals surface area (Å²) >= 11 is 0. The van der Waals surface area contributed by atoms with Crippen molar-refractivity contribution in [1.29, 1.82) is 0 Å². The van der Waals surface area contributed by atoms with Gasteiger partial charge in [-0.25, -0.2) is 4.98 Å². The summed E-state index contributed by atoms with van der Waals surface area (Å²) in [6.07, 6.45) is 1.44. The van der Waals surface area contributed by atoms with Gasteiger partial charge in [-0.3, -0.25) is 10.1 Å². The van der Waals surface area contributed by atoms with Gasteiger partial charge in [0.25, 0.3) is 5.69 Å². The van der Waals surface area contributed by atoms with E-state index < -0.39 is 4.92 Å². The van der Waals surface area contributed by atoms with Crippen LogP contribution >= 0.6 is 0 Å². The number of benzene rings is 1. The van der Waals surface area contributed by atoms with Crippen molar-refractivity contribution in [2.75, 3.05) is 0 Å². The average molecular weight is 258 g/mol. The molecule has 0 atom stereocenters. The van der Waals surface area contributed by atoms with E-state index >= 15 is 0 Å². The number of aromatic hydroxyl groups is 1. The van der Waals surface area contributed by atoms with Gasteiger partial charge in [0.1, 0.15) is 0 Å². The third kappa shape index (κ3) is 2.89. The van der Waals surface area contributed by atoms with Crippen molar-refractivity contribution in [1.82, 2.24) is 4.98 Å². The van der Waals surface area contributed by atoms with Crippen molar-refractivity contribution in [2.24, 2.45) is 10.2 Å². The Kier molecular flexibility index (Phi) is 3.46. The molecular formula is C12H10N4O3. The van der Waals surface area contributed by atoms with Crippen molar-refractivity contribution in [3.05, 3.63) is 52.2 Å². The summed E-state index contributed by atoms with van der Waals surface area (Å²) in [4.78, 5) is 14.2. The summed E-state index contributed by atoms with van der Waals surface area (Å²) < 4.78 is 0. The van der Waals surface area contributed by atoms with Crippen molar-refractivity contribution in [3.63, 3.8) is 0 Å². The van der Waals surface area contributed by atoms with E-state index in [1.54, 1.807) is 19.1 Å². The van der Waals surface area contributed by atoms with E-state index in [-0.39, 0.29) is 22.9 Å². The van der Waals surface area contributed by atoms with Crippen molar-refractivity contribution in [2.45, 2.75) is 6.92 Å². The minimum Gasteiger partial charge on any atom is -0.504 e. The molecule has 0 bridgehead atoms. The lowest BCUT2D eigenvalue weighted by Gasteiger charge is -1.98. The number of nitro groups is 1. The predicted molar refractivity (Wildman–Crippen MR) is 67.9 cm³/mol. The van der Waals surface area contributed by atoms with Gasteiger partial charge in [0.05, 0.1) is 4.92 Å². The Morgan fingerprint density at radius 2 is 2.11 bits per heavy atom. The molecule has 0 aliphatic heterocycles. The molecule has 0 saturated heterocycles. The maximum absolute atomic E-state index is 10.9. The number of nitro benzene ring substituents is 1. The number of hydrogen-bond donors (Lipinski definition) is 1. The Labute approximate surface area is 108 Å². The van der Waals surface area contributed by atoms with E-state index in [0.29, 0.717) is 0 Å². The maximum atomic E-state index is 10.9. The molecule has 19 heavy (non-hydrogen) atoms. The summed E-state index contributed by atoms with van der Waals surface area (Å²) in [5.74, 6) is -0.126. The Bertz CT molecular complexity index is 655. The zero-order valence-corrected chi connectivity index (χ0v) is 10.0. The van der Waals surface area contributed by atoms with Gasteiger partial charge in [0, 0.05) is 12.3 Å². The molecule has 0 unspecified atom stereocenters. The number of aromatic nitrogens is 1. The van der Waals surface area contributed by atoms with Crippen LogP contribution in [0.2, 0.25) is 0 Å². The van der Waals surface area contributed by atoms with E-state index in [0.717, 1.165) is 5.56 Å². The molecule has 1 aromatic carbocycles. The lowest BCUT2D eigenvalue weighted by molar-refractivity contribution is -0.384. The van der Waals surface area contributed by atoms with Crippen LogP contribution in [-0.2, 0) is 0 Å². The second-order valence-corrected chi connectivity index (χ2v) is 3.80. The summed E-state index contributed by atoms with van der Waals surface area (Å²) in [6, 6.07) is 7.55. The molecule has 2 aromatic rings. The quantitative estimate of drug-likeness (QED) is 0.517. The summed E-state index contributed by atoms with van der Waals surface area (Å²) in [5, 5.41) is 27.8. The first kappa shape index (κ1) is 12.6. The fourth-order valence-electron chi connectivity index (χ4n) is 1.43. The predicted octanol–water partition coefficient (Wildman–Crippen LogP) is 3.42. The topological polar surface area (TPSA) is 101 Å². The molecule has 1 heterocycles. The molecule has 96 valence electrons. The van der Waals surface area contributed by atoms with E-state index in [2.05, 4.69) is 15.2 Å². The fraction of sp³-hybridized carbons (Fsp3) is 0.0833. The summed E-state index contributed by atoms with van der Waals surface area (Å²) in [7, 11) is 0. The van der Waals surface area contributed by atoms with Crippen LogP contribution in [0.4, 0.5) is 17.2 Å². The Morgan fingerprint density at radius 1 is 1.32 bits per heavy atom. The smallest absolute Gasteiger partial charge is 0.296 e. The second kappa shape index (κ2) is 5.21. The molecule has 1 N–H and O–H groups in total. The Balaban J connectivity index is 2.39. The van der Waals surface area contributed by atoms with Gasteiger partial charge in [-0.05, 0) is 30.7 Å². The maximum Gasteiger partial charge on any atom is 0.296 e. The minimum atomic E-state index is -0.528. The van der Waals surface area contributed by atoms with Crippen LogP contribution in [0.25, 0.3) is 0 Å². The summed E-state index contributed by atoms with van der Waals surface area (Å²) in [5.41, 5.74) is 0.728. The largest absolute Gasteiger partial charge is 0.504 e. The van der Waals surface area contributed by atoms with Crippen LogP contribution in [0, 0.1) is 17.0 Å². The zero-order chi connectivity index (χ0) is 13.8. The number of aryl methyl sites for hydroxylation is 1. The highest BCUT2D eigenvalue weighted by atomic mass is 16.6. The number of rotatable bonds is 3. The highest BCUT2D eigenvalue weighted by Crippen LogP contribution is 2.31. The SMILES string of the molecule is Cc1ccc(N=Nc2ncccc2O)c([N+](=O)[O-])c1. The zero-order valence-electron chi connectivity index (χ0n) is 10.0. The first-order valence-electron chi connectivity index (χ1n) is 5.38. The standard InChI is InChI=1S/C12H10N4O3/c1-8-4-5-9(10(7-8)16(18)19)14-15-12-11(17)3-2-6-13-12/h2-7,17H,1H3. The lowest BCUT2D eigenvalue weighted by Crippen LogP contribution is -1.88. The van der Waals surface area contributed by atoms with E-state index in [1.165, 1.54) is 24.4 Å². The molecule has 0 saturated carbocycles. The number of hydrogen-bond acceptors (Lipinski definition) is 6. The fourth-order valence-corrected chi connectivity index (χ4v) is 1.43. The number of azo groups is 1. The first-order valence-corrected chi connectivity index (χ1v) is 5.38. The van der Waals surface area contributed by atoms with Crippen LogP contribution in [0.5, 0.6) is 5.75 Å². The third-order valence-electron chi connectivity index (χ3n) is 2.35. The minimum absolute atomic E-state index is 0.0115. The number of nitrogens with zero attached hydrogens (tertiary/aromatic N) is 4. The van der Waals surface area contributed by atoms with Crippen LogP contribution in [0.3, 0.4) is 0 Å². The van der Waals surface area contributed by atoms with Crippen LogP contribution in [-0.4, -0.2) is 15.0 Å². The van der Waals surface area contributed by atoms with E-state index in [4.69, 9.17) is 0 Å². The van der Waals surface area contributed by atoms with Crippen LogP contribution in [0.15, 0.2) is 46.8 Å². The highest BCUT2D eigenvalue weighted by Gasteiger charge is 2.13. The normalized spacial score (nSPS) is 10.8. The molecule has 0 fully saturated rings. The van der Waals surface area contributed by atoms with Gasteiger partial charge in [-0.1, -0.05) is 6.07 Å². The average Bonchev–Trinajstić information content (AvgIpc) is 2.38. The Morgan fingerprint density at radius 3 is 2.79 bits per heavy atom. The van der Waals surface area contributed by atoms with Gasteiger partial charge in [-0.2, -0.15) is 0 Å². The first-order chi connectivity index (χ1) is 9.08. The molecule has 0 amide bonds. The molecule has 0 radical (unpaired) electrons. The molecule has 0 spiro atoms. The van der Waals surface area contributed by atoms with Gasteiger partial charge in [-0.15, -0.1) is 10.2 Å². The molecule has 0 aliphatic carbocycles. The van der Waals surface area contributed by atoms with Crippen LogP contribution < -0.4 is 0 Å². The summed E-state index contributed by atoms with van der Waals surface area (Å²) in [6.45, 7) is 1.75. The van der Waals surface area contributed by atoms with Crippen LogP contribution in [0.1, 0.15) is 5.56 Å². The van der Waals surface area contributed by atoms with Gasteiger partial charge in [0.15, 0.2) is 11.4 Å². The molecule has 7 heteroatoms. The Hall–Kier alpha value is -2.83. The van der Waals surface area contributed by atoms with Crippen molar-refractivity contribution >= 4 is 17.2 Å². The molecule has 0 aliphatic rings. The van der Waals surface area contributed by atoms with Gasteiger partial charge < -0.3 is 5.11 Å². The monoisotopic (exact) mass is 258 g/mol. The van der Waals surface area contributed by atoms with E-state index in [1.807, 2.05) is 0 Å². The highest BCUT2D eigenvalue weighted by molar-refractivity contribution is 5.58. The van der Waals surface area contributed by atoms with Crippen molar-refractivity contribution < 1.29 is 10.0 Å². The second-order valence-electron chi connectivity index (χ2n) is 3.80. The molecule has 1 aromatic heterocycles. The number of pyridine rings is 1. The van der Waals surface area contributed by atoms with Crippen molar-refractivity contribution in [3.8, 4) is 5.75 Å². The van der Waals surface area contributed by atoms with E-state index in [9.17, 15) is 15.2 Å².